The highest BCUT2D eigenvalue weighted by molar-refractivity contribution is 8.01. The lowest BCUT2D eigenvalue weighted by Crippen LogP contribution is -2.40. The SMILES string of the molecule is COCCCNC(=O)NC(=O)CSc1nnc(Nc2ccccc2OC)s1. The summed E-state index contributed by atoms with van der Waals surface area (Å²) < 4.78 is 10.8. The third-order valence-corrected chi connectivity index (χ3v) is 5.12. The van der Waals surface area contributed by atoms with E-state index in [0.29, 0.717) is 34.8 Å². The number of carbonyl (C=O) groups excluding carboxylic acids is 2. The number of carbonyl (C=O) groups is 2. The van der Waals surface area contributed by atoms with Crippen LogP contribution in [0.1, 0.15) is 6.42 Å². The molecule has 0 aliphatic carbocycles. The second-order valence-corrected chi connectivity index (χ2v) is 7.34. The second kappa shape index (κ2) is 11.4. The molecule has 146 valence electrons. The Kier molecular flexibility index (Phi) is 8.81. The van der Waals surface area contributed by atoms with Crippen molar-refractivity contribution < 1.29 is 19.1 Å². The van der Waals surface area contributed by atoms with Gasteiger partial charge in [0.15, 0.2) is 4.34 Å². The predicted octanol–water partition coefficient (Wildman–Crippen LogP) is 2.24. The molecule has 1 aromatic carbocycles. The number of methoxy groups -OCH3 is 2. The van der Waals surface area contributed by atoms with Crippen molar-refractivity contribution in [2.24, 2.45) is 0 Å². The van der Waals surface area contributed by atoms with Gasteiger partial charge in [0.25, 0.3) is 0 Å². The molecule has 9 nitrogen and oxygen atoms in total. The maximum atomic E-state index is 11.8. The molecular formula is C16H21N5O4S2. The van der Waals surface area contributed by atoms with E-state index in [1.165, 1.54) is 23.1 Å². The number of nitrogens with one attached hydrogen (secondary N) is 3. The molecule has 0 aliphatic heterocycles. The molecule has 0 fully saturated rings. The first kappa shape index (κ1) is 20.9. The molecule has 0 saturated carbocycles. The van der Waals surface area contributed by atoms with Gasteiger partial charge in [-0.05, 0) is 18.6 Å². The number of aromatic nitrogens is 2. The number of imide groups is 1. The standard InChI is InChI=1S/C16H21N5O4S2/c1-24-9-5-8-17-14(23)19-13(22)10-26-16-21-20-15(27-16)18-11-6-3-4-7-12(11)25-2/h3-4,6-7H,5,8-10H2,1-2H3,(H,18,20)(H2,17,19,22,23). The lowest BCUT2D eigenvalue weighted by Gasteiger charge is -2.07. The van der Waals surface area contributed by atoms with E-state index in [4.69, 9.17) is 9.47 Å². The van der Waals surface area contributed by atoms with E-state index >= 15 is 0 Å². The summed E-state index contributed by atoms with van der Waals surface area (Å²) in [5.74, 6) is 0.353. The van der Waals surface area contributed by atoms with Gasteiger partial charge in [-0.2, -0.15) is 0 Å². The first-order valence-electron chi connectivity index (χ1n) is 8.05. The van der Waals surface area contributed by atoms with E-state index < -0.39 is 11.9 Å². The van der Waals surface area contributed by atoms with Gasteiger partial charge in [0.05, 0.1) is 18.6 Å². The van der Waals surface area contributed by atoms with Crippen LogP contribution < -0.4 is 20.7 Å². The number of rotatable bonds is 10. The average molecular weight is 412 g/mol. The average Bonchev–Trinajstić information content (AvgIpc) is 3.11. The van der Waals surface area contributed by atoms with Gasteiger partial charge >= 0.3 is 6.03 Å². The third kappa shape index (κ3) is 7.41. The number of hydrogen-bond acceptors (Lipinski definition) is 9. The van der Waals surface area contributed by atoms with Gasteiger partial charge in [0, 0.05) is 20.3 Å². The van der Waals surface area contributed by atoms with Crippen LogP contribution in [0.4, 0.5) is 15.6 Å². The van der Waals surface area contributed by atoms with Crippen LogP contribution in [-0.4, -0.2) is 55.3 Å². The summed E-state index contributed by atoms with van der Waals surface area (Å²) in [6, 6.07) is 6.94. The number of benzene rings is 1. The molecule has 0 spiro atoms. The molecule has 0 bridgehead atoms. The Labute approximate surface area is 165 Å². The molecule has 0 atom stereocenters. The zero-order chi connectivity index (χ0) is 19.5. The van der Waals surface area contributed by atoms with Gasteiger partial charge in [-0.15, -0.1) is 10.2 Å². The fraction of sp³-hybridized carbons (Fsp3) is 0.375. The number of ether oxygens (including phenoxy) is 2. The highest BCUT2D eigenvalue weighted by Crippen LogP contribution is 2.31. The Morgan fingerprint density at radius 3 is 2.81 bits per heavy atom. The molecule has 1 aromatic heterocycles. The van der Waals surface area contributed by atoms with Crippen LogP contribution in [0.15, 0.2) is 28.6 Å². The summed E-state index contributed by atoms with van der Waals surface area (Å²) in [6.45, 7) is 0.987. The van der Waals surface area contributed by atoms with Crippen LogP contribution in [0.5, 0.6) is 5.75 Å². The lowest BCUT2D eigenvalue weighted by atomic mass is 10.3. The third-order valence-electron chi connectivity index (χ3n) is 3.15. The Morgan fingerprint density at radius 1 is 1.22 bits per heavy atom. The monoisotopic (exact) mass is 411 g/mol. The minimum Gasteiger partial charge on any atom is -0.495 e. The Morgan fingerprint density at radius 2 is 2.04 bits per heavy atom. The van der Waals surface area contributed by atoms with Crippen molar-refractivity contribution >= 4 is 45.9 Å². The number of para-hydroxylation sites is 2. The summed E-state index contributed by atoms with van der Waals surface area (Å²) >= 11 is 2.51. The van der Waals surface area contributed by atoms with E-state index in [-0.39, 0.29) is 5.75 Å². The summed E-state index contributed by atoms with van der Waals surface area (Å²) in [5.41, 5.74) is 0.774. The largest absolute Gasteiger partial charge is 0.495 e. The van der Waals surface area contributed by atoms with Gasteiger partial charge in [-0.25, -0.2) is 4.79 Å². The zero-order valence-electron chi connectivity index (χ0n) is 15.0. The first-order valence-corrected chi connectivity index (χ1v) is 9.85. The number of urea groups is 1. The molecule has 3 amide bonds. The van der Waals surface area contributed by atoms with Crippen LogP contribution in [0.25, 0.3) is 0 Å². The molecule has 1 heterocycles. The van der Waals surface area contributed by atoms with Crippen molar-refractivity contribution in [2.75, 3.05) is 38.4 Å². The van der Waals surface area contributed by atoms with Crippen molar-refractivity contribution in [2.45, 2.75) is 10.8 Å². The van der Waals surface area contributed by atoms with E-state index in [9.17, 15) is 9.59 Å². The number of nitrogens with zero attached hydrogens (tertiary/aromatic N) is 2. The fourth-order valence-corrected chi connectivity index (χ4v) is 3.50. The van der Waals surface area contributed by atoms with E-state index in [1.54, 1.807) is 14.2 Å². The van der Waals surface area contributed by atoms with Gasteiger partial charge in [0.1, 0.15) is 5.75 Å². The van der Waals surface area contributed by atoms with Crippen LogP contribution in [0.3, 0.4) is 0 Å². The van der Waals surface area contributed by atoms with Gasteiger partial charge in [-0.3, -0.25) is 10.1 Å². The summed E-state index contributed by atoms with van der Waals surface area (Å²) in [7, 11) is 3.18. The number of anilines is 2. The second-order valence-electron chi connectivity index (χ2n) is 5.14. The zero-order valence-corrected chi connectivity index (χ0v) is 16.6. The maximum absolute atomic E-state index is 11.8. The maximum Gasteiger partial charge on any atom is 0.321 e. The van der Waals surface area contributed by atoms with Gasteiger partial charge < -0.3 is 20.1 Å². The highest BCUT2D eigenvalue weighted by Gasteiger charge is 2.11. The number of hydrogen-bond donors (Lipinski definition) is 3. The number of amides is 3. The molecule has 0 aliphatic rings. The van der Waals surface area contributed by atoms with Crippen molar-refractivity contribution in [3.8, 4) is 5.75 Å². The molecule has 0 saturated heterocycles. The predicted molar refractivity (Wildman–Crippen MR) is 105 cm³/mol. The summed E-state index contributed by atoms with van der Waals surface area (Å²) in [4.78, 5) is 23.4. The van der Waals surface area contributed by atoms with Crippen molar-refractivity contribution in [1.82, 2.24) is 20.8 Å². The van der Waals surface area contributed by atoms with Crippen LogP contribution in [0.2, 0.25) is 0 Å². The van der Waals surface area contributed by atoms with Crippen LogP contribution in [0, 0.1) is 0 Å². The lowest BCUT2D eigenvalue weighted by molar-refractivity contribution is -0.117. The topological polar surface area (TPSA) is 114 Å². The Hall–Kier alpha value is -2.37. The normalized spacial score (nSPS) is 10.3. The van der Waals surface area contributed by atoms with E-state index in [0.717, 1.165) is 5.69 Å². The fourth-order valence-electron chi connectivity index (χ4n) is 1.93. The molecule has 2 aromatic rings. The Balaban J connectivity index is 1.75. The molecule has 11 heteroatoms. The minimum absolute atomic E-state index is 0.0643. The van der Waals surface area contributed by atoms with Crippen molar-refractivity contribution in [3.05, 3.63) is 24.3 Å². The molecule has 0 unspecified atom stereocenters. The quantitative estimate of drug-likeness (QED) is 0.403. The smallest absolute Gasteiger partial charge is 0.321 e. The van der Waals surface area contributed by atoms with E-state index in [2.05, 4.69) is 26.1 Å². The van der Waals surface area contributed by atoms with Gasteiger partial charge in [0.2, 0.25) is 11.0 Å². The van der Waals surface area contributed by atoms with Gasteiger partial charge in [-0.1, -0.05) is 35.2 Å². The van der Waals surface area contributed by atoms with Crippen LogP contribution in [-0.2, 0) is 9.53 Å². The molecule has 2 rings (SSSR count). The molecular weight excluding hydrogens is 390 g/mol. The first-order chi connectivity index (χ1) is 13.1. The molecule has 0 radical (unpaired) electrons. The summed E-state index contributed by atoms with van der Waals surface area (Å²) in [5, 5.41) is 16.6. The van der Waals surface area contributed by atoms with Crippen molar-refractivity contribution in [1.29, 1.82) is 0 Å². The Bertz CT molecular complexity index is 756. The highest BCUT2D eigenvalue weighted by atomic mass is 32.2. The van der Waals surface area contributed by atoms with Crippen LogP contribution >= 0.6 is 23.1 Å². The summed E-state index contributed by atoms with van der Waals surface area (Å²) in [6.07, 6.45) is 0.680. The number of thioether (sulfide) groups is 1. The van der Waals surface area contributed by atoms with Crippen molar-refractivity contribution in [3.63, 3.8) is 0 Å². The molecule has 3 N–H and O–H groups in total. The minimum atomic E-state index is -0.521. The van der Waals surface area contributed by atoms with E-state index in [1.807, 2.05) is 24.3 Å². The molecule has 27 heavy (non-hydrogen) atoms.